The van der Waals surface area contributed by atoms with E-state index in [1.807, 2.05) is 13.0 Å². The van der Waals surface area contributed by atoms with Gasteiger partial charge < -0.3 is 9.84 Å². The second-order valence-electron chi connectivity index (χ2n) is 3.33. The quantitative estimate of drug-likeness (QED) is 0.637. The van der Waals surface area contributed by atoms with Gasteiger partial charge in [-0.2, -0.15) is 0 Å². The number of benzene rings is 1. The average molecular weight is 164 g/mol. The summed E-state index contributed by atoms with van der Waals surface area (Å²) in [7, 11) is 0. The Bertz CT molecular complexity index is 307. The molecule has 1 aromatic carbocycles. The minimum Gasteiger partial charge on any atom is -0.508 e. The van der Waals surface area contributed by atoms with Gasteiger partial charge in [-0.15, -0.1) is 0 Å². The molecule has 0 aliphatic carbocycles. The molecule has 1 heterocycles. The third kappa shape index (κ3) is 0.951. The van der Waals surface area contributed by atoms with Crippen molar-refractivity contribution in [3.8, 4) is 11.5 Å². The topological polar surface area (TPSA) is 29.5 Å². The van der Waals surface area contributed by atoms with Gasteiger partial charge >= 0.3 is 0 Å². The standard InChI is InChI=1S/C10H12O2/c1-6-7(2)12-10-4-3-8(11)5-9(6)10/h3-7,11H,1-2H3/t6?,7-/m0/s1. The predicted molar refractivity (Wildman–Crippen MR) is 46.6 cm³/mol. The van der Waals surface area contributed by atoms with E-state index >= 15 is 0 Å². The zero-order valence-corrected chi connectivity index (χ0v) is 7.24. The summed E-state index contributed by atoms with van der Waals surface area (Å²) in [5.41, 5.74) is 1.11. The van der Waals surface area contributed by atoms with Crippen molar-refractivity contribution in [1.29, 1.82) is 0 Å². The molecule has 1 aliphatic heterocycles. The molecule has 2 atom stereocenters. The van der Waals surface area contributed by atoms with Crippen LogP contribution in [0.5, 0.6) is 11.5 Å². The van der Waals surface area contributed by atoms with Crippen LogP contribution in [0.25, 0.3) is 0 Å². The van der Waals surface area contributed by atoms with Crippen LogP contribution in [0, 0.1) is 0 Å². The zero-order chi connectivity index (χ0) is 8.72. The normalized spacial score (nSPS) is 26.5. The van der Waals surface area contributed by atoms with Crippen molar-refractivity contribution in [3.63, 3.8) is 0 Å². The lowest BCUT2D eigenvalue weighted by atomic mass is 9.98. The van der Waals surface area contributed by atoms with E-state index in [0.29, 0.717) is 11.7 Å². The SMILES string of the molecule is CC1c2cc(O)ccc2O[C@H]1C. The van der Waals surface area contributed by atoms with Crippen molar-refractivity contribution in [2.24, 2.45) is 0 Å². The van der Waals surface area contributed by atoms with Crippen LogP contribution in [0.4, 0.5) is 0 Å². The highest BCUT2D eigenvalue weighted by atomic mass is 16.5. The minimum atomic E-state index is 0.224. The Balaban J connectivity index is 2.48. The van der Waals surface area contributed by atoms with Crippen LogP contribution < -0.4 is 4.74 Å². The Morgan fingerprint density at radius 2 is 2.08 bits per heavy atom. The maximum Gasteiger partial charge on any atom is 0.123 e. The van der Waals surface area contributed by atoms with Gasteiger partial charge in [-0.3, -0.25) is 0 Å². The van der Waals surface area contributed by atoms with Gasteiger partial charge in [0.1, 0.15) is 17.6 Å². The molecule has 0 aromatic heterocycles. The van der Waals surface area contributed by atoms with Crippen molar-refractivity contribution in [2.75, 3.05) is 0 Å². The summed E-state index contributed by atoms with van der Waals surface area (Å²) in [6.45, 7) is 4.15. The van der Waals surface area contributed by atoms with Crippen LogP contribution in [0.2, 0.25) is 0 Å². The number of aromatic hydroxyl groups is 1. The van der Waals surface area contributed by atoms with E-state index in [-0.39, 0.29) is 6.10 Å². The van der Waals surface area contributed by atoms with Gasteiger partial charge in [-0.05, 0) is 25.1 Å². The van der Waals surface area contributed by atoms with E-state index in [2.05, 4.69) is 6.92 Å². The molecule has 1 N–H and O–H groups in total. The first-order chi connectivity index (χ1) is 5.68. The molecule has 2 rings (SSSR count). The molecule has 1 unspecified atom stereocenters. The number of hydrogen-bond acceptors (Lipinski definition) is 2. The molecule has 64 valence electrons. The monoisotopic (exact) mass is 164 g/mol. The maximum absolute atomic E-state index is 9.24. The van der Waals surface area contributed by atoms with Crippen LogP contribution in [0.3, 0.4) is 0 Å². The summed E-state index contributed by atoms with van der Waals surface area (Å²) < 4.78 is 5.56. The van der Waals surface area contributed by atoms with Gasteiger partial charge in [-0.25, -0.2) is 0 Å². The highest BCUT2D eigenvalue weighted by Gasteiger charge is 2.27. The van der Waals surface area contributed by atoms with E-state index in [1.165, 1.54) is 0 Å². The van der Waals surface area contributed by atoms with E-state index in [0.717, 1.165) is 11.3 Å². The molecule has 2 heteroatoms. The van der Waals surface area contributed by atoms with Gasteiger partial charge in [0.25, 0.3) is 0 Å². The van der Waals surface area contributed by atoms with Crippen molar-refractivity contribution in [1.82, 2.24) is 0 Å². The van der Waals surface area contributed by atoms with Gasteiger partial charge in [0, 0.05) is 11.5 Å². The largest absolute Gasteiger partial charge is 0.508 e. The summed E-state index contributed by atoms with van der Waals surface area (Å²) in [4.78, 5) is 0. The first kappa shape index (κ1) is 7.47. The Morgan fingerprint density at radius 1 is 1.33 bits per heavy atom. The molecule has 0 spiro atoms. The molecule has 0 saturated carbocycles. The Labute approximate surface area is 71.8 Å². The summed E-state index contributed by atoms with van der Waals surface area (Å²) in [5, 5.41) is 9.24. The number of phenols is 1. The first-order valence-electron chi connectivity index (χ1n) is 4.18. The number of hydrogen-bond donors (Lipinski definition) is 1. The van der Waals surface area contributed by atoms with Crippen LogP contribution in [-0.2, 0) is 0 Å². The average Bonchev–Trinajstić information content (AvgIpc) is 2.31. The van der Waals surface area contributed by atoms with Gasteiger partial charge in [-0.1, -0.05) is 6.92 Å². The molecule has 0 radical (unpaired) electrons. The molecule has 1 aliphatic rings. The van der Waals surface area contributed by atoms with Gasteiger partial charge in [0.05, 0.1) is 0 Å². The molecule has 12 heavy (non-hydrogen) atoms. The summed E-state index contributed by atoms with van der Waals surface area (Å²) >= 11 is 0. The van der Waals surface area contributed by atoms with Gasteiger partial charge in [0.2, 0.25) is 0 Å². The molecule has 0 bridgehead atoms. The lowest BCUT2D eigenvalue weighted by Gasteiger charge is -2.07. The Hall–Kier alpha value is -1.18. The van der Waals surface area contributed by atoms with E-state index in [4.69, 9.17) is 4.74 Å². The third-order valence-electron chi connectivity index (χ3n) is 2.50. The van der Waals surface area contributed by atoms with Crippen molar-refractivity contribution in [2.45, 2.75) is 25.9 Å². The van der Waals surface area contributed by atoms with Crippen molar-refractivity contribution in [3.05, 3.63) is 23.8 Å². The zero-order valence-electron chi connectivity index (χ0n) is 7.24. The second-order valence-corrected chi connectivity index (χ2v) is 3.33. The fourth-order valence-electron chi connectivity index (χ4n) is 1.55. The second kappa shape index (κ2) is 2.41. The number of phenolic OH excluding ortho intramolecular Hbond substituents is 1. The van der Waals surface area contributed by atoms with Crippen molar-refractivity contribution >= 4 is 0 Å². The predicted octanol–water partition coefficient (Wildman–Crippen LogP) is 2.28. The maximum atomic E-state index is 9.24. The fourth-order valence-corrected chi connectivity index (χ4v) is 1.55. The van der Waals surface area contributed by atoms with E-state index in [1.54, 1.807) is 12.1 Å². The van der Waals surface area contributed by atoms with Crippen LogP contribution >= 0.6 is 0 Å². The molecule has 2 nitrogen and oxygen atoms in total. The molecule has 0 fully saturated rings. The van der Waals surface area contributed by atoms with Gasteiger partial charge in [0.15, 0.2) is 0 Å². The smallest absolute Gasteiger partial charge is 0.123 e. The number of ether oxygens (including phenoxy) is 1. The van der Waals surface area contributed by atoms with Crippen LogP contribution in [0.15, 0.2) is 18.2 Å². The van der Waals surface area contributed by atoms with Crippen LogP contribution in [0.1, 0.15) is 25.3 Å². The molecular formula is C10H12O2. The summed E-state index contributed by atoms with van der Waals surface area (Å²) in [6, 6.07) is 5.26. The Kier molecular flexibility index (Phi) is 1.50. The lowest BCUT2D eigenvalue weighted by molar-refractivity contribution is 0.232. The van der Waals surface area contributed by atoms with Crippen molar-refractivity contribution < 1.29 is 9.84 Å². The fraction of sp³-hybridized carbons (Fsp3) is 0.400. The molecular weight excluding hydrogens is 152 g/mol. The first-order valence-corrected chi connectivity index (χ1v) is 4.18. The highest BCUT2D eigenvalue weighted by Crippen LogP contribution is 2.39. The van der Waals surface area contributed by atoms with E-state index < -0.39 is 0 Å². The molecule has 0 amide bonds. The lowest BCUT2D eigenvalue weighted by Crippen LogP contribution is -2.10. The van der Waals surface area contributed by atoms with E-state index in [9.17, 15) is 5.11 Å². The molecule has 1 aromatic rings. The minimum absolute atomic E-state index is 0.224. The summed E-state index contributed by atoms with van der Waals surface area (Å²) in [6.07, 6.45) is 0.224. The summed E-state index contributed by atoms with van der Waals surface area (Å²) in [5.74, 6) is 1.61. The van der Waals surface area contributed by atoms with Crippen LogP contribution in [-0.4, -0.2) is 11.2 Å². The molecule has 0 saturated heterocycles. The third-order valence-corrected chi connectivity index (χ3v) is 2.50. The highest BCUT2D eigenvalue weighted by molar-refractivity contribution is 5.44. The number of fused-ring (bicyclic) bond motifs is 1. The Morgan fingerprint density at radius 3 is 2.83 bits per heavy atom. The number of rotatable bonds is 0.